The molecule has 0 saturated heterocycles. The van der Waals surface area contributed by atoms with Gasteiger partial charge in [-0.2, -0.15) is 5.12 Å². The van der Waals surface area contributed by atoms with Crippen LogP contribution in [0.4, 0.5) is 10.2 Å². The van der Waals surface area contributed by atoms with Gasteiger partial charge in [0, 0.05) is 6.20 Å². The third-order valence-electron chi connectivity index (χ3n) is 2.04. The molecule has 0 amide bonds. The highest BCUT2D eigenvalue weighted by molar-refractivity contribution is 5.57. The first-order valence-electron chi connectivity index (χ1n) is 3.98. The van der Waals surface area contributed by atoms with E-state index in [2.05, 4.69) is 0 Å². The van der Waals surface area contributed by atoms with E-state index in [1.807, 2.05) is 31.2 Å². The zero-order valence-electron chi connectivity index (χ0n) is 6.92. The molecule has 12 heavy (non-hydrogen) atoms. The molecule has 1 aromatic carbocycles. The van der Waals surface area contributed by atoms with Crippen molar-refractivity contribution in [1.29, 1.82) is 0 Å². The zero-order chi connectivity index (χ0) is 8.55. The fraction of sp³-hybridized carbons (Fsp3) is 0.200. The van der Waals surface area contributed by atoms with Crippen LogP contribution >= 0.6 is 0 Å². The van der Waals surface area contributed by atoms with E-state index in [4.69, 9.17) is 0 Å². The second-order valence-electron chi connectivity index (χ2n) is 3.03. The summed E-state index contributed by atoms with van der Waals surface area (Å²) in [6.45, 7) is 2.02. The van der Waals surface area contributed by atoms with Crippen LogP contribution in [-0.4, -0.2) is 0 Å². The third-order valence-corrected chi connectivity index (χ3v) is 2.04. The molecule has 0 saturated carbocycles. The normalized spacial score (nSPS) is 14.7. The second-order valence-corrected chi connectivity index (χ2v) is 3.03. The molecular weight excluding hydrogens is 153 g/mol. The van der Waals surface area contributed by atoms with E-state index in [1.165, 1.54) is 11.8 Å². The maximum absolute atomic E-state index is 13.1. The van der Waals surface area contributed by atoms with Gasteiger partial charge in [0.15, 0.2) is 0 Å². The summed E-state index contributed by atoms with van der Waals surface area (Å²) < 4.78 is 13.1. The van der Waals surface area contributed by atoms with Gasteiger partial charge in [-0.05, 0) is 25.0 Å². The molecule has 0 unspecified atom stereocenters. The van der Waals surface area contributed by atoms with Crippen molar-refractivity contribution >= 4 is 5.69 Å². The lowest BCUT2D eigenvalue weighted by molar-refractivity contribution is 0.493. The van der Waals surface area contributed by atoms with Gasteiger partial charge in [0.1, 0.15) is 0 Å². The standard InChI is InChI=1S/C10H10FN/c1-8-4-5-10-9(7-8)3-2-6-12(10)11/h2,4-7H,3H2,1H3. The summed E-state index contributed by atoms with van der Waals surface area (Å²) in [6.07, 6.45) is 4.11. The molecule has 62 valence electrons. The van der Waals surface area contributed by atoms with Gasteiger partial charge in [0.05, 0.1) is 5.69 Å². The fourth-order valence-corrected chi connectivity index (χ4v) is 1.44. The van der Waals surface area contributed by atoms with Gasteiger partial charge in [0.25, 0.3) is 0 Å². The average molecular weight is 163 g/mol. The van der Waals surface area contributed by atoms with Crippen molar-refractivity contribution in [3.05, 3.63) is 41.6 Å². The molecular formula is C10H10FN. The van der Waals surface area contributed by atoms with Crippen LogP contribution in [0.25, 0.3) is 0 Å². The van der Waals surface area contributed by atoms with E-state index in [-0.39, 0.29) is 0 Å². The number of anilines is 1. The minimum absolute atomic E-state index is 0.665. The lowest BCUT2D eigenvalue weighted by Crippen LogP contribution is -2.09. The Labute approximate surface area is 71.1 Å². The molecule has 1 aliphatic heterocycles. The molecule has 0 bridgehead atoms. The van der Waals surface area contributed by atoms with Crippen LogP contribution in [0.2, 0.25) is 0 Å². The van der Waals surface area contributed by atoms with Crippen LogP contribution < -0.4 is 5.12 Å². The van der Waals surface area contributed by atoms with Crippen LogP contribution in [0.15, 0.2) is 30.5 Å². The molecule has 1 nitrogen and oxygen atoms in total. The largest absolute Gasteiger partial charge is 0.187 e. The highest BCUT2D eigenvalue weighted by Gasteiger charge is 2.10. The maximum Gasteiger partial charge on any atom is 0.0774 e. The summed E-state index contributed by atoms with van der Waals surface area (Å²) in [7, 11) is 0. The van der Waals surface area contributed by atoms with E-state index >= 15 is 0 Å². The van der Waals surface area contributed by atoms with E-state index in [0.717, 1.165) is 12.0 Å². The Hall–Kier alpha value is -1.31. The Morgan fingerprint density at radius 3 is 3.08 bits per heavy atom. The third kappa shape index (κ3) is 1.09. The summed E-state index contributed by atoms with van der Waals surface area (Å²) in [6, 6.07) is 5.75. The molecule has 0 aromatic heterocycles. The highest BCUT2D eigenvalue weighted by Crippen LogP contribution is 2.26. The number of aryl methyl sites for hydroxylation is 1. The maximum atomic E-state index is 13.1. The van der Waals surface area contributed by atoms with Gasteiger partial charge >= 0.3 is 0 Å². The first-order valence-corrected chi connectivity index (χ1v) is 3.98. The first-order chi connectivity index (χ1) is 5.77. The molecule has 1 heterocycles. The second kappa shape index (κ2) is 2.63. The summed E-state index contributed by atoms with van der Waals surface area (Å²) in [5.74, 6) is 0. The molecule has 0 N–H and O–H groups in total. The van der Waals surface area contributed by atoms with Crippen LogP contribution in [0.1, 0.15) is 11.1 Å². The molecule has 1 aliphatic rings. The molecule has 2 rings (SSSR count). The number of benzene rings is 1. The molecule has 0 atom stereocenters. The summed E-state index contributed by atoms with van der Waals surface area (Å²) in [5, 5.41) is 0.665. The number of hydrogen-bond acceptors (Lipinski definition) is 1. The highest BCUT2D eigenvalue weighted by atomic mass is 19.2. The van der Waals surface area contributed by atoms with Crippen LogP contribution in [-0.2, 0) is 6.42 Å². The monoisotopic (exact) mass is 163 g/mol. The summed E-state index contributed by atoms with van der Waals surface area (Å²) >= 11 is 0. The Bertz CT molecular complexity index is 331. The fourth-order valence-electron chi connectivity index (χ4n) is 1.44. The van der Waals surface area contributed by atoms with Crippen LogP contribution in [0, 0.1) is 6.92 Å². The quantitative estimate of drug-likeness (QED) is 0.531. The van der Waals surface area contributed by atoms with Gasteiger partial charge in [0.2, 0.25) is 0 Å². The Kier molecular flexibility index (Phi) is 1.61. The van der Waals surface area contributed by atoms with Crippen molar-refractivity contribution in [2.75, 3.05) is 5.12 Å². The lowest BCUT2D eigenvalue weighted by atomic mass is 10.0. The molecule has 0 fully saturated rings. The van der Waals surface area contributed by atoms with Gasteiger partial charge in [-0.3, -0.25) is 0 Å². The summed E-state index contributed by atoms with van der Waals surface area (Å²) in [4.78, 5) is 0. The van der Waals surface area contributed by atoms with E-state index in [0.29, 0.717) is 10.8 Å². The molecule has 0 spiro atoms. The number of nitrogens with zero attached hydrogens (tertiary/aromatic N) is 1. The molecule has 2 heteroatoms. The van der Waals surface area contributed by atoms with Gasteiger partial charge < -0.3 is 0 Å². The Morgan fingerprint density at radius 2 is 2.25 bits per heavy atom. The smallest absolute Gasteiger partial charge is 0.0774 e. The molecule has 0 aliphatic carbocycles. The number of halogens is 1. The van der Waals surface area contributed by atoms with Gasteiger partial charge in [-0.1, -0.05) is 28.3 Å². The van der Waals surface area contributed by atoms with Crippen molar-refractivity contribution in [2.24, 2.45) is 0 Å². The van der Waals surface area contributed by atoms with E-state index < -0.39 is 0 Å². The van der Waals surface area contributed by atoms with Crippen molar-refractivity contribution in [3.8, 4) is 0 Å². The van der Waals surface area contributed by atoms with E-state index in [9.17, 15) is 4.48 Å². The number of hydrogen-bond donors (Lipinski definition) is 0. The van der Waals surface area contributed by atoms with Gasteiger partial charge in [-0.15, -0.1) is 0 Å². The molecule has 1 aromatic rings. The Morgan fingerprint density at radius 1 is 1.42 bits per heavy atom. The molecule has 0 radical (unpaired) electrons. The van der Waals surface area contributed by atoms with Crippen molar-refractivity contribution in [3.63, 3.8) is 0 Å². The van der Waals surface area contributed by atoms with Crippen LogP contribution in [0.3, 0.4) is 0 Å². The lowest BCUT2D eigenvalue weighted by Gasteiger charge is -2.17. The number of allylic oxidation sites excluding steroid dienone is 1. The minimum Gasteiger partial charge on any atom is -0.187 e. The SMILES string of the molecule is Cc1ccc2c(c1)CC=CN2F. The average Bonchev–Trinajstić information content (AvgIpc) is 2.04. The van der Waals surface area contributed by atoms with Crippen LogP contribution in [0.5, 0.6) is 0 Å². The topological polar surface area (TPSA) is 3.24 Å². The number of rotatable bonds is 0. The zero-order valence-corrected chi connectivity index (χ0v) is 6.92. The van der Waals surface area contributed by atoms with Crippen molar-refractivity contribution in [2.45, 2.75) is 13.3 Å². The van der Waals surface area contributed by atoms with Gasteiger partial charge in [-0.25, -0.2) is 0 Å². The number of fused-ring (bicyclic) bond motifs is 1. The predicted octanol–water partition coefficient (Wildman–Crippen LogP) is 2.76. The van der Waals surface area contributed by atoms with Crippen molar-refractivity contribution in [1.82, 2.24) is 0 Å². The predicted molar refractivity (Wildman–Crippen MR) is 47.6 cm³/mol. The minimum atomic E-state index is 0.665. The Balaban J connectivity index is 2.51. The van der Waals surface area contributed by atoms with Crippen molar-refractivity contribution < 1.29 is 4.48 Å². The first kappa shape index (κ1) is 7.35. The van der Waals surface area contributed by atoms with E-state index in [1.54, 1.807) is 0 Å². The summed E-state index contributed by atoms with van der Waals surface area (Å²) in [5.41, 5.74) is 2.90.